The maximum atomic E-state index is 2.33. The van der Waals surface area contributed by atoms with Crippen LogP contribution in [0.3, 0.4) is 0 Å². The van der Waals surface area contributed by atoms with Crippen molar-refractivity contribution in [2.45, 2.75) is 33.1 Å². The molecule has 0 aromatic carbocycles. The van der Waals surface area contributed by atoms with Crippen LogP contribution in [0, 0.1) is 11.8 Å². The summed E-state index contributed by atoms with van der Waals surface area (Å²) in [7, 11) is 0. The SMILES string of the molecule is CC(C)[C@H]1CC=CCC1. The Kier molecular flexibility index (Phi) is 2.32. The van der Waals surface area contributed by atoms with Gasteiger partial charge in [-0.25, -0.2) is 0 Å². The summed E-state index contributed by atoms with van der Waals surface area (Å²) in [6, 6.07) is 0. The highest BCUT2D eigenvalue weighted by atomic mass is 14.2. The molecule has 0 amide bonds. The highest BCUT2D eigenvalue weighted by Gasteiger charge is 2.12. The molecule has 0 aliphatic heterocycles. The molecule has 0 heteroatoms. The van der Waals surface area contributed by atoms with Crippen molar-refractivity contribution >= 4 is 0 Å². The highest BCUT2D eigenvalue weighted by molar-refractivity contribution is 4.90. The van der Waals surface area contributed by atoms with E-state index in [4.69, 9.17) is 0 Å². The normalized spacial score (nSPS) is 27.2. The minimum Gasteiger partial charge on any atom is -0.0885 e. The molecule has 0 N–H and O–H groups in total. The molecule has 0 saturated heterocycles. The Hall–Kier alpha value is -0.260. The summed E-state index contributed by atoms with van der Waals surface area (Å²) < 4.78 is 0. The first-order chi connectivity index (χ1) is 4.30. The fourth-order valence-corrected chi connectivity index (χ4v) is 1.42. The second kappa shape index (κ2) is 3.05. The van der Waals surface area contributed by atoms with E-state index in [0.29, 0.717) is 0 Å². The summed E-state index contributed by atoms with van der Waals surface area (Å²) in [4.78, 5) is 0. The molecule has 0 aromatic rings. The van der Waals surface area contributed by atoms with Crippen LogP contribution in [0.2, 0.25) is 0 Å². The van der Waals surface area contributed by atoms with Crippen LogP contribution in [0.25, 0.3) is 0 Å². The Morgan fingerprint density at radius 2 is 2.11 bits per heavy atom. The van der Waals surface area contributed by atoms with Gasteiger partial charge in [-0.2, -0.15) is 0 Å². The van der Waals surface area contributed by atoms with Gasteiger partial charge in [-0.1, -0.05) is 26.0 Å². The molecule has 1 rings (SSSR count). The molecule has 0 unspecified atom stereocenters. The number of hydrogen-bond acceptors (Lipinski definition) is 0. The first-order valence-electron chi connectivity index (χ1n) is 3.95. The topological polar surface area (TPSA) is 0 Å². The fraction of sp³-hybridized carbons (Fsp3) is 0.778. The van der Waals surface area contributed by atoms with E-state index in [1.165, 1.54) is 19.3 Å². The van der Waals surface area contributed by atoms with Crippen molar-refractivity contribution in [3.05, 3.63) is 12.2 Å². The molecule has 0 heterocycles. The third kappa shape index (κ3) is 1.85. The summed E-state index contributed by atoms with van der Waals surface area (Å²) >= 11 is 0. The zero-order valence-corrected chi connectivity index (χ0v) is 6.43. The van der Waals surface area contributed by atoms with Gasteiger partial charge in [-0.05, 0) is 31.1 Å². The van der Waals surface area contributed by atoms with Crippen molar-refractivity contribution in [1.29, 1.82) is 0 Å². The second-order valence-electron chi connectivity index (χ2n) is 3.29. The molecule has 52 valence electrons. The lowest BCUT2D eigenvalue weighted by molar-refractivity contribution is 0.356. The van der Waals surface area contributed by atoms with Crippen LogP contribution in [0.5, 0.6) is 0 Å². The maximum Gasteiger partial charge on any atom is -0.0320 e. The molecule has 1 atom stereocenters. The summed E-state index contributed by atoms with van der Waals surface area (Å²) in [5, 5.41) is 0. The third-order valence-corrected chi connectivity index (χ3v) is 2.25. The van der Waals surface area contributed by atoms with E-state index in [0.717, 1.165) is 11.8 Å². The number of hydrogen-bond donors (Lipinski definition) is 0. The standard InChI is InChI=1S/C9H16/c1-8(2)9-6-4-3-5-7-9/h3-4,8-9H,5-7H2,1-2H3/t9-/m0/s1. The second-order valence-corrected chi connectivity index (χ2v) is 3.29. The molecule has 0 fully saturated rings. The predicted molar refractivity (Wildman–Crippen MR) is 41.3 cm³/mol. The van der Waals surface area contributed by atoms with Crippen LogP contribution >= 0.6 is 0 Å². The summed E-state index contributed by atoms with van der Waals surface area (Å²) in [6.45, 7) is 4.65. The Morgan fingerprint density at radius 1 is 1.33 bits per heavy atom. The van der Waals surface area contributed by atoms with Gasteiger partial charge in [-0.3, -0.25) is 0 Å². The fourth-order valence-electron chi connectivity index (χ4n) is 1.42. The van der Waals surface area contributed by atoms with Crippen molar-refractivity contribution in [2.75, 3.05) is 0 Å². The van der Waals surface area contributed by atoms with Crippen molar-refractivity contribution in [3.8, 4) is 0 Å². The van der Waals surface area contributed by atoms with Crippen LogP contribution in [0.1, 0.15) is 33.1 Å². The van der Waals surface area contributed by atoms with Gasteiger partial charge in [0.1, 0.15) is 0 Å². The van der Waals surface area contributed by atoms with Crippen LogP contribution in [-0.2, 0) is 0 Å². The average Bonchev–Trinajstić information content (AvgIpc) is 1.90. The molecular weight excluding hydrogens is 108 g/mol. The predicted octanol–water partition coefficient (Wildman–Crippen LogP) is 3.00. The number of rotatable bonds is 1. The van der Waals surface area contributed by atoms with Crippen LogP contribution < -0.4 is 0 Å². The maximum absolute atomic E-state index is 2.33. The van der Waals surface area contributed by atoms with Crippen LogP contribution in [0.15, 0.2) is 12.2 Å². The van der Waals surface area contributed by atoms with E-state index in [1.807, 2.05) is 0 Å². The zero-order chi connectivity index (χ0) is 6.69. The van der Waals surface area contributed by atoms with E-state index < -0.39 is 0 Å². The molecule has 0 radical (unpaired) electrons. The van der Waals surface area contributed by atoms with Gasteiger partial charge in [0, 0.05) is 0 Å². The van der Waals surface area contributed by atoms with E-state index >= 15 is 0 Å². The molecule has 0 nitrogen and oxygen atoms in total. The van der Waals surface area contributed by atoms with E-state index in [1.54, 1.807) is 0 Å². The zero-order valence-electron chi connectivity index (χ0n) is 6.43. The van der Waals surface area contributed by atoms with Crippen LogP contribution in [-0.4, -0.2) is 0 Å². The monoisotopic (exact) mass is 124 g/mol. The van der Waals surface area contributed by atoms with E-state index in [2.05, 4.69) is 26.0 Å². The van der Waals surface area contributed by atoms with Gasteiger partial charge < -0.3 is 0 Å². The summed E-state index contributed by atoms with van der Waals surface area (Å²) in [5.74, 6) is 1.85. The van der Waals surface area contributed by atoms with Gasteiger partial charge in [0.2, 0.25) is 0 Å². The van der Waals surface area contributed by atoms with Gasteiger partial charge in [-0.15, -0.1) is 0 Å². The molecular formula is C9H16. The Morgan fingerprint density at radius 3 is 2.44 bits per heavy atom. The molecule has 0 aromatic heterocycles. The summed E-state index contributed by atoms with van der Waals surface area (Å²) in [5.41, 5.74) is 0. The molecule has 1 aliphatic carbocycles. The van der Waals surface area contributed by atoms with Gasteiger partial charge in [0.25, 0.3) is 0 Å². The van der Waals surface area contributed by atoms with E-state index in [9.17, 15) is 0 Å². The van der Waals surface area contributed by atoms with Gasteiger partial charge in [0.15, 0.2) is 0 Å². The first-order valence-corrected chi connectivity index (χ1v) is 3.95. The molecule has 0 saturated carbocycles. The average molecular weight is 124 g/mol. The molecule has 0 spiro atoms. The Balaban J connectivity index is 2.35. The smallest absolute Gasteiger partial charge is 0.0320 e. The third-order valence-electron chi connectivity index (χ3n) is 2.25. The molecule has 1 aliphatic rings. The van der Waals surface area contributed by atoms with Crippen molar-refractivity contribution < 1.29 is 0 Å². The van der Waals surface area contributed by atoms with Crippen molar-refractivity contribution in [2.24, 2.45) is 11.8 Å². The lowest BCUT2D eigenvalue weighted by atomic mass is 9.85. The largest absolute Gasteiger partial charge is 0.0885 e. The first kappa shape index (κ1) is 6.85. The quantitative estimate of drug-likeness (QED) is 0.471. The Labute approximate surface area is 58.0 Å². The van der Waals surface area contributed by atoms with E-state index in [-0.39, 0.29) is 0 Å². The lowest BCUT2D eigenvalue weighted by Crippen LogP contribution is -2.09. The van der Waals surface area contributed by atoms with Crippen LogP contribution in [0.4, 0.5) is 0 Å². The minimum absolute atomic E-state index is 0.884. The number of allylic oxidation sites excluding steroid dienone is 2. The molecule has 9 heavy (non-hydrogen) atoms. The summed E-state index contributed by atoms with van der Waals surface area (Å²) in [6.07, 6.45) is 8.67. The highest BCUT2D eigenvalue weighted by Crippen LogP contribution is 2.24. The Bertz CT molecular complexity index is 101. The lowest BCUT2D eigenvalue weighted by Gasteiger charge is -2.20. The van der Waals surface area contributed by atoms with Gasteiger partial charge >= 0.3 is 0 Å². The minimum atomic E-state index is 0.884. The van der Waals surface area contributed by atoms with Gasteiger partial charge in [0.05, 0.1) is 0 Å². The molecule has 0 bridgehead atoms. The van der Waals surface area contributed by atoms with Crippen molar-refractivity contribution in [3.63, 3.8) is 0 Å². The van der Waals surface area contributed by atoms with Crippen molar-refractivity contribution in [1.82, 2.24) is 0 Å².